The van der Waals surface area contributed by atoms with Gasteiger partial charge in [-0.25, -0.2) is 14.8 Å². The van der Waals surface area contributed by atoms with Crippen LogP contribution in [-0.2, 0) is 11.0 Å². The van der Waals surface area contributed by atoms with E-state index < -0.39 is 27.1 Å². The van der Waals surface area contributed by atoms with Gasteiger partial charge >= 0.3 is 12.1 Å². The van der Waals surface area contributed by atoms with E-state index in [2.05, 4.69) is 25.6 Å². The zero-order valence-corrected chi connectivity index (χ0v) is 20.6. The first-order chi connectivity index (χ1) is 18.6. The lowest BCUT2D eigenvalue weighted by molar-refractivity contribution is -0.385. The van der Waals surface area contributed by atoms with E-state index in [1.807, 2.05) is 0 Å². The number of amides is 1. The monoisotopic (exact) mass is 538 g/mol. The molecule has 39 heavy (non-hydrogen) atoms. The normalized spacial score (nSPS) is 12.8. The molecule has 1 amide bonds. The second-order valence-electron chi connectivity index (χ2n) is 8.32. The van der Waals surface area contributed by atoms with Crippen molar-refractivity contribution in [2.24, 2.45) is 0 Å². The van der Waals surface area contributed by atoms with E-state index in [0.717, 1.165) is 18.3 Å². The third-order valence-corrected chi connectivity index (χ3v) is 5.83. The first kappa shape index (κ1) is 27.1. The first-order valence-electron chi connectivity index (χ1n) is 11.7. The number of nitro groups is 1. The smallest absolute Gasteiger partial charge is 0.368 e. The van der Waals surface area contributed by atoms with E-state index in [1.54, 1.807) is 30.3 Å². The zero-order valence-electron chi connectivity index (χ0n) is 20.6. The van der Waals surface area contributed by atoms with Gasteiger partial charge < -0.3 is 10.6 Å². The molecule has 1 atom stereocenters. The van der Waals surface area contributed by atoms with E-state index in [4.69, 9.17) is 0 Å². The summed E-state index contributed by atoms with van der Waals surface area (Å²) in [5.41, 5.74) is -0.549. The molecule has 10 nitrogen and oxygen atoms in total. The zero-order chi connectivity index (χ0) is 28.0. The van der Waals surface area contributed by atoms with Crippen molar-refractivity contribution in [2.45, 2.75) is 13.1 Å². The molecule has 4 rings (SSSR count). The third-order valence-electron chi connectivity index (χ3n) is 5.83. The fourth-order valence-electron chi connectivity index (χ4n) is 4.07. The molecule has 2 N–H and O–H groups in total. The van der Waals surface area contributed by atoms with Crippen molar-refractivity contribution in [2.75, 3.05) is 23.7 Å². The van der Waals surface area contributed by atoms with Crippen LogP contribution < -0.4 is 15.1 Å². The highest BCUT2D eigenvalue weighted by Gasteiger charge is 2.45. The summed E-state index contributed by atoms with van der Waals surface area (Å²) in [7, 11) is 0. The number of pyridine rings is 1. The minimum absolute atomic E-state index is 0.0686. The molecule has 0 bridgehead atoms. The summed E-state index contributed by atoms with van der Waals surface area (Å²) in [5, 5.41) is 16.8. The molecule has 0 saturated carbocycles. The number of aromatic nitrogens is 3. The van der Waals surface area contributed by atoms with Gasteiger partial charge in [0.1, 0.15) is 12.0 Å². The van der Waals surface area contributed by atoms with Crippen molar-refractivity contribution in [1.82, 2.24) is 19.4 Å². The lowest BCUT2D eigenvalue weighted by Crippen LogP contribution is -2.44. The summed E-state index contributed by atoms with van der Waals surface area (Å²) in [5.74, 6) is 0.252. The molecule has 2 aromatic heterocycles. The summed E-state index contributed by atoms with van der Waals surface area (Å²) < 4.78 is 40.1. The number of rotatable bonds is 9. The Morgan fingerprint density at radius 3 is 2.31 bits per heavy atom. The number of quaternary nitrogens is 1. The van der Waals surface area contributed by atoms with Crippen LogP contribution in [0, 0.1) is 10.1 Å². The van der Waals surface area contributed by atoms with Crippen LogP contribution in [0.15, 0.2) is 85.2 Å². The van der Waals surface area contributed by atoms with Crippen molar-refractivity contribution in [3.05, 3.63) is 101 Å². The Labute approximate surface area is 220 Å². The van der Waals surface area contributed by atoms with Crippen LogP contribution in [0.1, 0.15) is 12.5 Å². The number of halogens is 3. The van der Waals surface area contributed by atoms with Crippen LogP contribution in [0.25, 0.3) is 0 Å². The second-order valence-corrected chi connectivity index (χ2v) is 8.32. The summed E-state index contributed by atoms with van der Waals surface area (Å²) in [6, 6.07) is 17.3. The Morgan fingerprint density at radius 2 is 1.67 bits per heavy atom. The molecule has 0 saturated heterocycles. The molecular formula is C26H23F3N7O3+. The quantitative estimate of drug-likeness (QED) is 0.118. The number of alkyl halides is 3. The molecule has 2 heterocycles. The van der Waals surface area contributed by atoms with E-state index in [1.165, 1.54) is 43.5 Å². The van der Waals surface area contributed by atoms with Crippen molar-refractivity contribution < 1.29 is 22.9 Å². The Bertz CT molecular complexity index is 1470. The van der Waals surface area contributed by atoms with Crippen molar-refractivity contribution in [3.8, 4) is 0 Å². The van der Waals surface area contributed by atoms with Crippen LogP contribution in [0.2, 0.25) is 0 Å². The highest BCUT2D eigenvalue weighted by molar-refractivity contribution is 5.99. The van der Waals surface area contributed by atoms with Gasteiger partial charge in [0.05, 0.1) is 17.4 Å². The molecule has 0 spiro atoms. The SMILES string of the molecule is CC(=O)[N+](c1ccccc1)(c1cccc(C(F)(F)F)c1)c1ccnc(NCCNc2ccc([N+](=O)[O-])cn2)n1. The van der Waals surface area contributed by atoms with Gasteiger partial charge in [0.2, 0.25) is 11.8 Å². The molecule has 0 fully saturated rings. The largest absolute Gasteiger partial charge is 0.416 e. The number of nitrogens with one attached hydrogen (secondary N) is 2. The summed E-state index contributed by atoms with van der Waals surface area (Å²) in [6.45, 7) is 1.94. The molecule has 200 valence electrons. The average molecular weight is 539 g/mol. The Kier molecular flexibility index (Phi) is 7.81. The van der Waals surface area contributed by atoms with E-state index >= 15 is 0 Å². The van der Waals surface area contributed by atoms with Crippen LogP contribution in [0.3, 0.4) is 0 Å². The fraction of sp³-hybridized carbons (Fsp3) is 0.154. The fourth-order valence-corrected chi connectivity index (χ4v) is 4.07. The standard InChI is InChI=1S/C26H23F3N7O3/c1-18(37)36(21-7-3-2-4-8-21,22-9-5-6-19(16-22)26(27,28)29)24-12-13-31-25(34-24)32-15-14-30-23-11-10-20(17-33-23)35(38)39/h2-13,16-17H,14-15H2,1H3,(H,30,33)(H,31,32,34)/q+1. The Hall–Kier alpha value is -4.91. The number of carbonyl (C=O) groups excluding carboxylic acids is 1. The van der Waals surface area contributed by atoms with Crippen LogP contribution in [0.5, 0.6) is 0 Å². The van der Waals surface area contributed by atoms with Crippen molar-refractivity contribution >= 4 is 40.6 Å². The van der Waals surface area contributed by atoms with E-state index in [0.29, 0.717) is 24.6 Å². The predicted molar refractivity (Wildman–Crippen MR) is 140 cm³/mol. The van der Waals surface area contributed by atoms with Gasteiger partial charge in [-0.15, -0.1) is 4.48 Å². The molecule has 0 radical (unpaired) electrons. The molecule has 1 unspecified atom stereocenters. The van der Waals surface area contributed by atoms with Gasteiger partial charge in [0, 0.05) is 55.7 Å². The third kappa shape index (κ3) is 5.83. The van der Waals surface area contributed by atoms with Crippen LogP contribution in [0.4, 0.5) is 47.8 Å². The maximum absolute atomic E-state index is 13.6. The molecule has 13 heteroatoms. The number of nitrogens with zero attached hydrogens (tertiary/aromatic N) is 5. The number of carbonyl (C=O) groups is 1. The molecule has 4 aromatic rings. The minimum Gasteiger partial charge on any atom is -0.368 e. The topological polar surface area (TPSA) is 123 Å². The molecule has 0 aliphatic heterocycles. The van der Waals surface area contributed by atoms with Crippen molar-refractivity contribution in [1.29, 1.82) is 0 Å². The van der Waals surface area contributed by atoms with Crippen LogP contribution >= 0.6 is 0 Å². The van der Waals surface area contributed by atoms with Crippen molar-refractivity contribution in [3.63, 3.8) is 0 Å². The number of hydrogen-bond acceptors (Lipinski definition) is 8. The van der Waals surface area contributed by atoms with Gasteiger partial charge in [0.15, 0.2) is 11.4 Å². The molecule has 0 aliphatic carbocycles. The van der Waals surface area contributed by atoms with Gasteiger partial charge in [-0.05, 0) is 12.1 Å². The maximum atomic E-state index is 13.6. The van der Waals surface area contributed by atoms with Gasteiger partial charge in [-0.3, -0.25) is 10.1 Å². The van der Waals surface area contributed by atoms with E-state index in [-0.39, 0.29) is 23.1 Å². The summed E-state index contributed by atoms with van der Waals surface area (Å²) in [6.07, 6.45) is -2.05. The summed E-state index contributed by atoms with van der Waals surface area (Å²) in [4.78, 5) is 36.3. The number of anilines is 2. The van der Waals surface area contributed by atoms with Gasteiger partial charge in [-0.2, -0.15) is 18.2 Å². The van der Waals surface area contributed by atoms with Gasteiger partial charge in [0.25, 0.3) is 5.69 Å². The second kappa shape index (κ2) is 11.2. The number of para-hydroxylation sites is 1. The number of benzene rings is 2. The molecule has 2 aromatic carbocycles. The summed E-state index contributed by atoms with van der Waals surface area (Å²) >= 11 is 0. The van der Waals surface area contributed by atoms with Crippen LogP contribution in [-0.4, -0.2) is 38.9 Å². The Morgan fingerprint density at radius 1 is 0.949 bits per heavy atom. The predicted octanol–water partition coefficient (Wildman–Crippen LogP) is 5.84. The highest BCUT2D eigenvalue weighted by atomic mass is 19.4. The lowest BCUT2D eigenvalue weighted by Gasteiger charge is -2.32. The molecular weight excluding hydrogens is 515 g/mol. The Balaban J connectivity index is 1.64. The average Bonchev–Trinajstić information content (AvgIpc) is 2.92. The van der Waals surface area contributed by atoms with Gasteiger partial charge in [-0.1, -0.05) is 24.3 Å². The maximum Gasteiger partial charge on any atom is 0.416 e. The first-order valence-corrected chi connectivity index (χ1v) is 11.7. The lowest BCUT2D eigenvalue weighted by atomic mass is 10.1. The minimum atomic E-state index is -4.61. The number of hydrogen-bond donors (Lipinski definition) is 2. The van der Waals surface area contributed by atoms with E-state index in [9.17, 15) is 28.1 Å². The molecule has 0 aliphatic rings. The highest BCUT2D eigenvalue weighted by Crippen LogP contribution is 2.44.